The van der Waals surface area contributed by atoms with Crippen LogP contribution in [-0.2, 0) is 6.42 Å². The molecule has 1 aromatic heterocycles. The van der Waals surface area contributed by atoms with Crippen molar-refractivity contribution in [3.63, 3.8) is 0 Å². The molecule has 28 heavy (non-hydrogen) atoms. The van der Waals surface area contributed by atoms with Gasteiger partial charge in [0.25, 0.3) is 5.91 Å². The molecule has 2 aromatic carbocycles. The Kier molecular flexibility index (Phi) is 7.31. The Bertz CT molecular complexity index is 942. The molecule has 0 unspecified atom stereocenters. The second kappa shape index (κ2) is 9.92. The van der Waals surface area contributed by atoms with Crippen LogP contribution in [0, 0.1) is 0 Å². The van der Waals surface area contributed by atoms with Crippen molar-refractivity contribution in [3.8, 4) is 5.75 Å². The largest absolute Gasteiger partial charge is 0.494 e. The highest BCUT2D eigenvalue weighted by Gasteiger charge is 2.11. The summed E-state index contributed by atoms with van der Waals surface area (Å²) in [6.07, 6.45) is 4.47. The monoisotopic (exact) mass is 434 g/mol. The molecule has 0 aliphatic rings. The maximum Gasteiger partial charge on any atom is 0.257 e. The van der Waals surface area contributed by atoms with Crippen LogP contribution in [0.15, 0.2) is 48.7 Å². The van der Waals surface area contributed by atoms with Crippen molar-refractivity contribution >= 4 is 45.6 Å². The van der Waals surface area contributed by atoms with Gasteiger partial charge in [-0.3, -0.25) is 10.1 Å². The van der Waals surface area contributed by atoms with Crippen molar-refractivity contribution in [1.29, 1.82) is 0 Å². The number of nitrogens with zero attached hydrogens (tertiary/aromatic N) is 1. The van der Waals surface area contributed by atoms with Crippen LogP contribution in [0.5, 0.6) is 5.75 Å². The van der Waals surface area contributed by atoms with Crippen LogP contribution in [0.4, 0.5) is 5.13 Å². The van der Waals surface area contributed by atoms with Gasteiger partial charge in [-0.25, -0.2) is 4.98 Å². The molecule has 1 N–H and O–H groups in total. The molecule has 0 saturated carbocycles. The number of hydrogen-bond acceptors (Lipinski definition) is 4. The predicted octanol–water partition coefficient (Wildman–Crippen LogP) is 6.47. The molecule has 0 saturated heterocycles. The Morgan fingerprint density at radius 2 is 1.96 bits per heavy atom. The molecular weight excluding hydrogens is 415 g/mol. The van der Waals surface area contributed by atoms with Crippen molar-refractivity contribution < 1.29 is 9.53 Å². The number of carbonyl (C=O) groups is 1. The van der Waals surface area contributed by atoms with Gasteiger partial charge in [-0.05, 0) is 48.4 Å². The van der Waals surface area contributed by atoms with E-state index in [2.05, 4.69) is 17.2 Å². The van der Waals surface area contributed by atoms with Gasteiger partial charge in [0.1, 0.15) is 5.75 Å². The van der Waals surface area contributed by atoms with Gasteiger partial charge in [-0.2, -0.15) is 0 Å². The molecule has 0 aliphatic carbocycles. The molecule has 1 amide bonds. The summed E-state index contributed by atoms with van der Waals surface area (Å²) in [5.41, 5.74) is 1.52. The minimum atomic E-state index is -0.203. The molecule has 3 aromatic rings. The summed E-state index contributed by atoms with van der Waals surface area (Å²) in [6, 6.07) is 12.5. The number of aromatic nitrogens is 1. The summed E-state index contributed by atoms with van der Waals surface area (Å²) >= 11 is 13.6. The third-order valence-electron chi connectivity index (χ3n) is 4.04. The normalized spacial score (nSPS) is 10.7. The molecule has 0 atom stereocenters. The summed E-state index contributed by atoms with van der Waals surface area (Å²) in [5.74, 6) is 0.562. The van der Waals surface area contributed by atoms with Crippen LogP contribution >= 0.6 is 34.5 Å². The Morgan fingerprint density at radius 1 is 1.18 bits per heavy atom. The fraction of sp³-hybridized carbons (Fsp3) is 0.238. The number of hydrogen-bond donors (Lipinski definition) is 1. The van der Waals surface area contributed by atoms with Gasteiger partial charge in [0, 0.05) is 33.1 Å². The van der Waals surface area contributed by atoms with Gasteiger partial charge in [-0.15, -0.1) is 11.3 Å². The third-order valence-corrected chi connectivity index (χ3v) is 5.54. The van der Waals surface area contributed by atoms with Crippen LogP contribution in [0.1, 0.15) is 40.6 Å². The maximum atomic E-state index is 12.4. The van der Waals surface area contributed by atoms with Gasteiger partial charge in [-0.1, -0.05) is 42.6 Å². The predicted molar refractivity (Wildman–Crippen MR) is 116 cm³/mol. The Hall–Kier alpha value is -2.08. The molecule has 0 fully saturated rings. The van der Waals surface area contributed by atoms with Crippen LogP contribution in [0.25, 0.3) is 0 Å². The average Bonchev–Trinajstić information content (AvgIpc) is 3.12. The van der Waals surface area contributed by atoms with Crippen LogP contribution < -0.4 is 10.1 Å². The lowest BCUT2D eigenvalue weighted by Gasteiger charge is -2.06. The fourth-order valence-corrected chi connectivity index (χ4v) is 3.81. The smallest absolute Gasteiger partial charge is 0.257 e. The zero-order chi connectivity index (χ0) is 19.9. The molecule has 7 heteroatoms. The van der Waals surface area contributed by atoms with Crippen molar-refractivity contribution in [2.75, 3.05) is 11.9 Å². The van der Waals surface area contributed by atoms with Crippen LogP contribution in [-0.4, -0.2) is 17.5 Å². The first kappa shape index (κ1) is 20.6. The van der Waals surface area contributed by atoms with E-state index in [1.807, 2.05) is 12.1 Å². The maximum absolute atomic E-state index is 12.4. The van der Waals surface area contributed by atoms with E-state index in [0.717, 1.165) is 29.0 Å². The lowest BCUT2D eigenvalue weighted by atomic mass is 10.1. The van der Waals surface area contributed by atoms with Gasteiger partial charge in [0.05, 0.1) is 6.61 Å². The van der Waals surface area contributed by atoms with Crippen molar-refractivity contribution in [3.05, 3.63) is 74.7 Å². The van der Waals surface area contributed by atoms with E-state index in [-0.39, 0.29) is 5.91 Å². The molecule has 146 valence electrons. The van der Waals surface area contributed by atoms with E-state index in [1.165, 1.54) is 11.3 Å². The molecule has 3 rings (SSSR count). The first-order valence-electron chi connectivity index (χ1n) is 8.98. The van der Waals surface area contributed by atoms with Crippen molar-refractivity contribution in [1.82, 2.24) is 4.98 Å². The highest BCUT2D eigenvalue weighted by atomic mass is 35.5. The van der Waals surface area contributed by atoms with Gasteiger partial charge < -0.3 is 4.74 Å². The van der Waals surface area contributed by atoms with E-state index in [1.54, 1.807) is 36.5 Å². The lowest BCUT2D eigenvalue weighted by molar-refractivity contribution is 0.102. The average molecular weight is 435 g/mol. The zero-order valence-electron chi connectivity index (χ0n) is 15.4. The van der Waals surface area contributed by atoms with Crippen molar-refractivity contribution in [2.45, 2.75) is 26.2 Å². The molecular formula is C21H20Cl2N2O2S. The molecule has 0 radical (unpaired) electrons. The summed E-state index contributed by atoms with van der Waals surface area (Å²) in [4.78, 5) is 17.7. The Morgan fingerprint density at radius 3 is 2.68 bits per heavy atom. The first-order valence-corrected chi connectivity index (χ1v) is 10.5. The lowest BCUT2D eigenvalue weighted by Crippen LogP contribution is -2.11. The molecule has 0 spiro atoms. The number of nitrogens with one attached hydrogen (secondary N) is 1. The number of anilines is 1. The number of benzene rings is 2. The standard InChI is InChI=1S/C21H20Cl2N2O2S/c1-2-3-10-27-17-8-5-14(6-9-17)20(26)25-21-24-13-18(28-21)11-15-4-7-16(22)12-19(15)23/h4-9,12-13H,2-3,10-11H2,1H3,(H,24,25,26). The zero-order valence-corrected chi connectivity index (χ0v) is 17.7. The minimum absolute atomic E-state index is 0.203. The third kappa shape index (κ3) is 5.71. The quantitative estimate of drug-likeness (QED) is 0.413. The van der Waals surface area contributed by atoms with E-state index < -0.39 is 0 Å². The van der Waals surface area contributed by atoms with E-state index in [4.69, 9.17) is 27.9 Å². The number of thiazole rings is 1. The van der Waals surface area contributed by atoms with Gasteiger partial charge in [0.15, 0.2) is 5.13 Å². The van der Waals surface area contributed by atoms with E-state index >= 15 is 0 Å². The first-order chi connectivity index (χ1) is 13.5. The summed E-state index contributed by atoms with van der Waals surface area (Å²) in [5, 5.41) is 4.61. The Labute approximate surface area is 178 Å². The number of rotatable bonds is 8. The second-order valence-corrected chi connectivity index (χ2v) is 8.18. The fourth-order valence-electron chi connectivity index (χ4n) is 2.51. The van der Waals surface area contributed by atoms with Gasteiger partial charge >= 0.3 is 0 Å². The van der Waals surface area contributed by atoms with E-state index in [0.29, 0.717) is 33.8 Å². The highest BCUT2D eigenvalue weighted by Crippen LogP contribution is 2.27. The summed E-state index contributed by atoms with van der Waals surface area (Å²) < 4.78 is 5.62. The summed E-state index contributed by atoms with van der Waals surface area (Å²) in [6.45, 7) is 2.80. The number of unbranched alkanes of at least 4 members (excludes halogenated alkanes) is 1. The number of ether oxygens (including phenoxy) is 1. The Balaban J connectivity index is 1.59. The molecule has 0 aliphatic heterocycles. The van der Waals surface area contributed by atoms with Gasteiger partial charge in [0.2, 0.25) is 0 Å². The second-order valence-electron chi connectivity index (χ2n) is 6.22. The topological polar surface area (TPSA) is 51.2 Å². The number of carbonyl (C=O) groups excluding carboxylic acids is 1. The van der Waals surface area contributed by atoms with Crippen molar-refractivity contribution in [2.24, 2.45) is 0 Å². The molecule has 1 heterocycles. The molecule has 4 nitrogen and oxygen atoms in total. The van der Waals surface area contributed by atoms with E-state index in [9.17, 15) is 4.79 Å². The highest BCUT2D eigenvalue weighted by molar-refractivity contribution is 7.15. The SMILES string of the molecule is CCCCOc1ccc(C(=O)Nc2ncc(Cc3ccc(Cl)cc3Cl)s2)cc1. The molecule has 0 bridgehead atoms. The number of amides is 1. The number of halogens is 2. The summed E-state index contributed by atoms with van der Waals surface area (Å²) in [7, 11) is 0. The van der Waals surface area contributed by atoms with Crippen LogP contribution in [0.2, 0.25) is 10.0 Å². The minimum Gasteiger partial charge on any atom is -0.494 e. The van der Waals surface area contributed by atoms with Crippen LogP contribution in [0.3, 0.4) is 0 Å².